The molecule has 5 heteroatoms. The van der Waals surface area contributed by atoms with E-state index in [9.17, 15) is 0 Å². The van der Waals surface area contributed by atoms with Crippen LogP contribution in [0.4, 0.5) is 11.5 Å². The maximum atomic E-state index is 5.67. The van der Waals surface area contributed by atoms with Crippen molar-refractivity contribution in [3.8, 4) is 0 Å². The molecule has 0 atom stereocenters. The minimum atomic E-state index is 0.411. The lowest BCUT2D eigenvalue weighted by atomic mass is 10.3. The molecule has 1 aromatic heterocycles. The summed E-state index contributed by atoms with van der Waals surface area (Å²) < 4.78 is 0. The average Bonchev–Trinajstić information content (AvgIpc) is 2.46. The lowest BCUT2D eigenvalue weighted by Crippen LogP contribution is -2.20. The third kappa shape index (κ3) is 4.41. The lowest BCUT2D eigenvalue weighted by Gasteiger charge is -2.19. The number of nitrogens with one attached hydrogen (secondary N) is 1. The van der Waals surface area contributed by atoms with Gasteiger partial charge < -0.3 is 10.2 Å². The number of anilines is 2. The highest BCUT2D eigenvalue weighted by Gasteiger charge is 1.99. The van der Waals surface area contributed by atoms with Crippen LogP contribution in [0.15, 0.2) is 42.5 Å². The van der Waals surface area contributed by atoms with Crippen molar-refractivity contribution in [3.63, 3.8) is 0 Å². The average molecular weight is 277 g/mol. The Morgan fingerprint density at radius 3 is 2.58 bits per heavy atom. The molecule has 0 aliphatic rings. The van der Waals surface area contributed by atoms with Gasteiger partial charge in [-0.05, 0) is 30.7 Å². The molecular weight excluding hydrogens is 260 g/mol. The summed E-state index contributed by atoms with van der Waals surface area (Å²) in [5.74, 6) is 0.756. The van der Waals surface area contributed by atoms with Gasteiger partial charge >= 0.3 is 0 Å². The van der Waals surface area contributed by atoms with Gasteiger partial charge in [-0.15, -0.1) is 10.2 Å². The maximum Gasteiger partial charge on any atom is 0.151 e. The Kier molecular flexibility index (Phi) is 4.98. The number of nitrogens with zero attached hydrogens (tertiary/aromatic N) is 3. The molecule has 0 saturated heterocycles. The van der Waals surface area contributed by atoms with Crippen LogP contribution < -0.4 is 10.2 Å². The standard InChI is InChI=1S/C14H17ClN4/c1-19(12-6-3-2-4-7-12)11-5-10-16-14-9-8-13(15)17-18-14/h2-4,6-9H,5,10-11H2,1H3,(H,16,18). The van der Waals surface area contributed by atoms with Crippen LogP contribution in [0, 0.1) is 0 Å². The summed E-state index contributed by atoms with van der Waals surface area (Å²) in [6.07, 6.45) is 1.02. The van der Waals surface area contributed by atoms with Crippen LogP contribution in [0.25, 0.3) is 0 Å². The van der Waals surface area contributed by atoms with E-state index in [0.29, 0.717) is 5.15 Å². The van der Waals surface area contributed by atoms with Gasteiger partial charge in [-0.1, -0.05) is 29.8 Å². The number of hydrogen-bond donors (Lipinski definition) is 1. The molecule has 1 N–H and O–H groups in total. The fraction of sp³-hybridized carbons (Fsp3) is 0.286. The Bertz CT molecular complexity index is 487. The topological polar surface area (TPSA) is 41.0 Å². The highest BCUT2D eigenvalue weighted by atomic mass is 35.5. The molecule has 0 amide bonds. The molecule has 2 aromatic rings. The fourth-order valence-electron chi connectivity index (χ4n) is 1.75. The van der Waals surface area contributed by atoms with E-state index >= 15 is 0 Å². The Labute approximate surface area is 118 Å². The summed E-state index contributed by atoms with van der Waals surface area (Å²) in [5.41, 5.74) is 1.23. The van der Waals surface area contributed by atoms with E-state index in [2.05, 4.69) is 39.6 Å². The highest BCUT2D eigenvalue weighted by Crippen LogP contribution is 2.11. The van der Waals surface area contributed by atoms with Gasteiger partial charge in [-0.3, -0.25) is 0 Å². The van der Waals surface area contributed by atoms with Crippen molar-refractivity contribution >= 4 is 23.1 Å². The van der Waals surface area contributed by atoms with E-state index in [4.69, 9.17) is 11.6 Å². The van der Waals surface area contributed by atoms with E-state index in [1.54, 1.807) is 6.07 Å². The van der Waals surface area contributed by atoms with E-state index in [1.165, 1.54) is 5.69 Å². The summed E-state index contributed by atoms with van der Waals surface area (Å²) in [6, 6.07) is 13.9. The van der Waals surface area contributed by atoms with Gasteiger partial charge in [0.15, 0.2) is 5.15 Å². The summed E-state index contributed by atoms with van der Waals surface area (Å²) in [5, 5.41) is 11.4. The van der Waals surface area contributed by atoms with E-state index < -0.39 is 0 Å². The summed E-state index contributed by atoms with van der Waals surface area (Å²) in [6.45, 7) is 1.84. The third-order valence-electron chi connectivity index (χ3n) is 2.81. The van der Waals surface area contributed by atoms with Crippen molar-refractivity contribution in [2.75, 3.05) is 30.4 Å². The van der Waals surface area contributed by atoms with Gasteiger partial charge in [0, 0.05) is 25.8 Å². The normalized spacial score (nSPS) is 10.2. The summed E-state index contributed by atoms with van der Waals surface area (Å²) in [4.78, 5) is 2.23. The molecule has 0 bridgehead atoms. The van der Waals surface area contributed by atoms with Gasteiger partial charge in [0.05, 0.1) is 0 Å². The van der Waals surface area contributed by atoms with Crippen molar-refractivity contribution in [1.29, 1.82) is 0 Å². The smallest absolute Gasteiger partial charge is 0.151 e. The minimum absolute atomic E-state index is 0.411. The summed E-state index contributed by atoms with van der Waals surface area (Å²) >= 11 is 5.67. The predicted octanol–water partition coefficient (Wildman–Crippen LogP) is 3.07. The molecule has 0 fully saturated rings. The first-order chi connectivity index (χ1) is 9.25. The van der Waals surface area contributed by atoms with Crippen molar-refractivity contribution in [1.82, 2.24) is 10.2 Å². The highest BCUT2D eigenvalue weighted by molar-refractivity contribution is 6.29. The number of hydrogen-bond acceptors (Lipinski definition) is 4. The molecule has 0 saturated carbocycles. The SMILES string of the molecule is CN(CCCNc1ccc(Cl)nn1)c1ccccc1. The molecule has 0 radical (unpaired) electrons. The van der Waals surface area contributed by atoms with Gasteiger partial charge in [-0.2, -0.15) is 0 Å². The monoisotopic (exact) mass is 276 g/mol. The number of halogens is 1. The zero-order chi connectivity index (χ0) is 13.5. The molecule has 0 aliphatic heterocycles. The van der Waals surface area contributed by atoms with E-state index in [0.717, 1.165) is 25.3 Å². The van der Waals surface area contributed by atoms with Crippen LogP contribution in [-0.4, -0.2) is 30.3 Å². The molecule has 1 aromatic carbocycles. The van der Waals surface area contributed by atoms with Crippen LogP contribution in [-0.2, 0) is 0 Å². The number of para-hydroxylation sites is 1. The molecule has 1 heterocycles. The molecule has 0 aliphatic carbocycles. The fourth-order valence-corrected chi connectivity index (χ4v) is 1.86. The van der Waals surface area contributed by atoms with Crippen LogP contribution in [0.2, 0.25) is 5.15 Å². The molecular formula is C14H17ClN4. The third-order valence-corrected chi connectivity index (χ3v) is 3.01. The van der Waals surface area contributed by atoms with Crippen molar-refractivity contribution in [2.45, 2.75) is 6.42 Å². The Morgan fingerprint density at radius 1 is 1.11 bits per heavy atom. The Hall–Kier alpha value is -1.81. The molecule has 0 unspecified atom stereocenters. The molecule has 19 heavy (non-hydrogen) atoms. The second-order valence-electron chi connectivity index (χ2n) is 4.28. The zero-order valence-corrected chi connectivity index (χ0v) is 11.6. The van der Waals surface area contributed by atoms with Crippen LogP contribution in [0.3, 0.4) is 0 Å². The minimum Gasteiger partial charge on any atom is -0.375 e. The van der Waals surface area contributed by atoms with Crippen LogP contribution in [0.1, 0.15) is 6.42 Å². The number of rotatable bonds is 6. The van der Waals surface area contributed by atoms with Gasteiger partial charge in [0.1, 0.15) is 5.82 Å². The van der Waals surface area contributed by atoms with Crippen LogP contribution >= 0.6 is 11.6 Å². The molecule has 2 rings (SSSR count). The largest absolute Gasteiger partial charge is 0.375 e. The zero-order valence-electron chi connectivity index (χ0n) is 10.9. The van der Waals surface area contributed by atoms with Gasteiger partial charge in [-0.25, -0.2) is 0 Å². The first kappa shape index (κ1) is 13.6. The van der Waals surface area contributed by atoms with Crippen molar-refractivity contribution in [3.05, 3.63) is 47.6 Å². The molecule has 100 valence electrons. The maximum absolute atomic E-state index is 5.67. The van der Waals surface area contributed by atoms with Crippen molar-refractivity contribution < 1.29 is 0 Å². The van der Waals surface area contributed by atoms with E-state index in [-0.39, 0.29) is 0 Å². The molecule has 0 spiro atoms. The first-order valence-corrected chi connectivity index (χ1v) is 6.63. The van der Waals surface area contributed by atoms with E-state index in [1.807, 2.05) is 24.3 Å². The van der Waals surface area contributed by atoms with Crippen molar-refractivity contribution in [2.24, 2.45) is 0 Å². The number of benzene rings is 1. The predicted molar refractivity (Wildman–Crippen MR) is 79.9 cm³/mol. The molecule has 4 nitrogen and oxygen atoms in total. The number of aromatic nitrogens is 2. The second kappa shape index (κ2) is 6.95. The van der Waals surface area contributed by atoms with Crippen LogP contribution in [0.5, 0.6) is 0 Å². The Morgan fingerprint density at radius 2 is 1.89 bits per heavy atom. The summed E-state index contributed by atoms with van der Waals surface area (Å²) in [7, 11) is 2.09. The Balaban J connectivity index is 1.71. The quantitative estimate of drug-likeness (QED) is 0.824. The van der Waals surface area contributed by atoms with Gasteiger partial charge in [0.25, 0.3) is 0 Å². The van der Waals surface area contributed by atoms with Gasteiger partial charge in [0.2, 0.25) is 0 Å². The second-order valence-corrected chi connectivity index (χ2v) is 4.67. The lowest BCUT2D eigenvalue weighted by molar-refractivity contribution is 0.811. The first-order valence-electron chi connectivity index (χ1n) is 6.25.